The van der Waals surface area contributed by atoms with Gasteiger partial charge in [-0.25, -0.2) is 4.79 Å². The fourth-order valence-electron chi connectivity index (χ4n) is 4.75. The molecule has 0 aromatic heterocycles. The number of rotatable bonds is 7. The van der Waals surface area contributed by atoms with E-state index in [0.717, 1.165) is 16.7 Å². The van der Waals surface area contributed by atoms with Gasteiger partial charge in [-0.05, 0) is 64.9 Å². The van der Waals surface area contributed by atoms with Crippen LogP contribution in [0.5, 0.6) is 0 Å². The van der Waals surface area contributed by atoms with Gasteiger partial charge in [-0.1, -0.05) is 87.5 Å². The lowest BCUT2D eigenvalue weighted by Crippen LogP contribution is -2.32. The summed E-state index contributed by atoms with van der Waals surface area (Å²) < 4.78 is 6.22. The third-order valence-corrected chi connectivity index (χ3v) is 7.00. The Morgan fingerprint density at radius 2 is 1.49 bits per heavy atom. The van der Waals surface area contributed by atoms with Gasteiger partial charge in [0.2, 0.25) is 11.8 Å². The van der Waals surface area contributed by atoms with Crippen molar-refractivity contribution >= 4 is 23.4 Å². The lowest BCUT2D eigenvalue weighted by atomic mass is 9.84. The molecule has 1 unspecified atom stereocenters. The Bertz CT molecular complexity index is 1540. The molecule has 2 aliphatic rings. The smallest absolute Gasteiger partial charge is 0.335 e. The quantitative estimate of drug-likeness (QED) is 0.237. The van der Waals surface area contributed by atoms with Crippen LogP contribution in [0.15, 0.2) is 114 Å². The molecule has 196 valence electrons. The van der Waals surface area contributed by atoms with E-state index < -0.39 is 11.9 Å². The van der Waals surface area contributed by atoms with Crippen LogP contribution in [0.3, 0.4) is 0 Å². The Hall–Kier alpha value is -4.64. The van der Waals surface area contributed by atoms with Crippen LogP contribution in [-0.2, 0) is 16.6 Å². The number of fused-ring (bicyclic) bond motifs is 1. The van der Waals surface area contributed by atoms with Gasteiger partial charge >= 0.3 is 5.97 Å². The van der Waals surface area contributed by atoms with E-state index in [1.54, 1.807) is 29.2 Å². The van der Waals surface area contributed by atoms with E-state index in [4.69, 9.17) is 4.42 Å². The molecule has 5 nitrogen and oxygen atoms in total. The molecule has 0 fully saturated rings. The molecule has 39 heavy (non-hydrogen) atoms. The Morgan fingerprint density at radius 1 is 0.795 bits per heavy atom. The molecule has 0 radical (unpaired) electrons. The zero-order valence-corrected chi connectivity index (χ0v) is 22.3. The fraction of sp³-hybridized carbons (Fsp3) is 0.176. The molecule has 0 spiro atoms. The fourth-order valence-corrected chi connectivity index (χ4v) is 4.75. The highest BCUT2D eigenvalue weighted by molar-refractivity contribution is 6.03. The summed E-state index contributed by atoms with van der Waals surface area (Å²) in [6.07, 6.45) is 0.398. The van der Waals surface area contributed by atoms with Crippen LogP contribution in [0.1, 0.15) is 53.7 Å². The van der Waals surface area contributed by atoms with Crippen LogP contribution < -0.4 is 4.90 Å². The molecule has 3 aromatic carbocycles. The Kier molecular flexibility index (Phi) is 7.07. The minimum atomic E-state index is -0.980. The second-order valence-corrected chi connectivity index (χ2v) is 10.8. The monoisotopic (exact) mass is 517 g/mol. The molecule has 5 heteroatoms. The van der Waals surface area contributed by atoms with Gasteiger partial charge in [0.05, 0.1) is 17.2 Å². The molecule has 1 aliphatic heterocycles. The minimum absolute atomic E-state index is 0.0192. The summed E-state index contributed by atoms with van der Waals surface area (Å²) in [6.45, 7) is 6.48. The molecule has 0 saturated carbocycles. The average molecular weight is 518 g/mol. The van der Waals surface area contributed by atoms with Gasteiger partial charge in [0, 0.05) is 11.6 Å². The minimum Gasteiger partial charge on any atom is -0.478 e. The summed E-state index contributed by atoms with van der Waals surface area (Å²) >= 11 is 0. The molecule has 1 N–H and O–H groups in total. The molecule has 1 atom stereocenters. The normalized spacial score (nSPS) is 12.3. The number of carbonyl (C=O) groups excluding carboxylic acids is 1. The van der Waals surface area contributed by atoms with Crippen molar-refractivity contribution < 1.29 is 19.1 Å². The third kappa shape index (κ3) is 5.63. The van der Waals surface area contributed by atoms with E-state index in [2.05, 4.69) is 32.9 Å². The highest BCUT2D eigenvalue weighted by Gasteiger charge is 2.31. The van der Waals surface area contributed by atoms with Crippen molar-refractivity contribution in [3.05, 3.63) is 131 Å². The average Bonchev–Trinajstić information content (AvgIpc) is 3.40. The number of aromatic carboxylic acids is 1. The van der Waals surface area contributed by atoms with Crippen molar-refractivity contribution in [3.63, 3.8) is 0 Å². The second-order valence-electron chi connectivity index (χ2n) is 10.8. The first-order valence-corrected chi connectivity index (χ1v) is 13.0. The first-order valence-electron chi connectivity index (χ1n) is 13.0. The number of carbonyl (C=O) groups is 2. The maximum atomic E-state index is 14.6. The molecule has 0 saturated heterocycles. The number of carboxylic acids is 1. The summed E-state index contributed by atoms with van der Waals surface area (Å²) in [4.78, 5) is 27.6. The van der Waals surface area contributed by atoms with Crippen molar-refractivity contribution in [3.8, 4) is 11.3 Å². The van der Waals surface area contributed by atoms with Crippen molar-refractivity contribution in [2.75, 3.05) is 4.90 Å². The van der Waals surface area contributed by atoms with E-state index >= 15 is 0 Å². The number of carboxylic acid groups (broad SMARTS) is 1. The first-order chi connectivity index (χ1) is 18.7. The maximum Gasteiger partial charge on any atom is 0.335 e. The summed E-state index contributed by atoms with van der Waals surface area (Å²) in [6, 6.07) is 34.0. The molecule has 3 aromatic rings. The van der Waals surface area contributed by atoms with Crippen LogP contribution in [0, 0.1) is 0 Å². The van der Waals surface area contributed by atoms with E-state index in [9.17, 15) is 14.7 Å². The standard InChI is InChI=1S/C34H31NO4/c1-34(2,3)27-19-16-24(17-20-27)29(22-23-12-14-26(15-13-23)33(37)38)32(36)35(28-9-5-4-6-10-28)31-21-18-25-8-7-11-30(25)39-31/h4-21,29H,22H2,1-3H3,(H,37,38). The number of nitrogens with zero attached hydrogens (tertiary/aromatic N) is 1. The number of para-hydroxylation sites is 1. The Labute approximate surface area is 228 Å². The molecule has 0 bridgehead atoms. The SMILES string of the molecule is CC(C)(C)c1ccc(C(Cc2ccc(C(=O)O)cc2)C(=O)N(c2ccccc2)c2ccc3cccc-3o2)cc1. The predicted octanol–water partition coefficient (Wildman–Crippen LogP) is 8.07. The lowest BCUT2D eigenvalue weighted by molar-refractivity contribution is -0.119. The van der Waals surface area contributed by atoms with Crippen LogP contribution in [0.25, 0.3) is 11.3 Å². The van der Waals surface area contributed by atoms with Gasteiger partial charge in [0.15, 0.2) is 0 Å². The van der Waals surface area contributed by atoms with Crippen LogP contribution in [-0.4, -0.2) is 17.0 Å². The third-order valence-electron chi connectivity index (χ3n) is 7.00. The zero-order valence-electron chi connectivity index (χ0n) is 22.3. The molecule has 5 rings (SSSR count). The van der Waals surface area contributed by atoms with E-state index in [1.807, 2.05) is 72.8 Å². The Balaban J connectivity index is 1.60. The van der Waals surface area contributed by atoms with Gasteiger partial charge in [-0.15, -0.1) is 0 Å². The van der Waals surface area contributed by atoms with Crippen molar-refractivity contribution in [2.24, 2.45) is 0 Å². The van der Waals surface area contributed by atoms with Crippen molar-refractivity contribution in [2.45, 2.75) is 38.5 Å². The summed E-state index contributed by atoms with van der Waals surface area (Å²) in [5, 5.41) is 9.33. The van der Waals surface area contributed by atoms with Crippen LogP contribution in [0.4, 0.5) is 11.6 Å². The molecular weight excluding hydrogens is 486 g/mol. The second kappa shape index (κ2) is 10.6. The summed E-state index contributed by atoms with van der Waals surface area (Å²) in [7, 11) is 0. The first kappa shape index (κ1) is 26.0. The van der Waals surface area contributed by atoms with Crippen LogP contribution in [0.2, 0.25) is 0 Å². The topological polar surface area (TPSA) is 70.8 Å². The number of hydrogen-bond donors (Lipinski definition) is 1. The van der Waals surface area contributed by atoms with Crippen LogP contribution >= 0.6 is 0 Å². The molecule has 1 amide bonds. The van der Waals surface area contributed by atoms with Gasteiger partial charge < -0.3 is 9.52 Å². The number of benzene rings is 3. The van der Waals surface area contributed by atoms with Gasteiger partial charge in [0.1, 0.15) is 5.76 Å². The number of hydrogen-bond acceptors (Lipinski definition) is 3. The van der Waals surface area contributed by atoms with E-state index in [-0.39, 0.29) is 16.9 Å². The number of amides is 1. The van der Waals surface area contributed by atoms with Crippen molar-refractivity contribution in [1.82, 2.24) is 0 Å². The van der Waals surface area contributed by atoms with E-state index in [0.29, 0.717) is 23.8 Å². The van der Waals surface area contributed by atoms with Gasteiger partial charge in [0.25, 0.3) is 0 Å². The molecular formula is C34H31NO4. The molecule has 1 aliphatic carbocycles. The highest BCUT2D eigenvalue weighted by Crippen LogP contribution is 2.36. The van der Waals surface area contributed by atoms with E-state index in [1.165, 1.54) is 5.56 Å². The number of anilines is 2. The van der Waals surface area contributed by atoms with Gasteiger partial charge in [-0.2, -0.15) is 0 Å². The maximum absolute atomic E-state index is 14.6. The predicted molar refractivity (Wildman–Crippen MR) is 154 cm³/mol. The molecule has 1 heterocycles. The highest BCUT2D eigenvalue weighted by atomic mass is 16.4. The van der Waals surface area contributed by atoms with Gasteiger partial charge in [-0.3, -0.25) is 9.69 Å². The summed E-state index contributed by atoms with van der Waals surface area (Å²) in [5.41, 5.74) is 4.79. The lowest BCUT2D eigenvalue weighted by Gasteiger charge is -2.28. The van der Waals surface area contributed by atoms with Crippen molar-refractivity contribution in [1.29, 1.82) is 0 Å². The zero-order chi connectivity index (χ0) is 27.6. The Morgan fingerprint density at radius 3 is 2.13 bits per heavy atom. The largest absolute Gasteiger partial charge is 0.478 e. The summed E-state index contributed by atoms with van der Waals surface area (Å²) in [5.74, 6) is -0.521.